The number of fused-ring (bicyclic) bond motifs is 4. The van der Waals surface area contributed by atoms with Crippen LogP contribution in [0.4, 0.5) is 13.2 Å². The second-order valence-corrected chi connectivity index (χ2v) is 16.7. The Labute approximate surface area is 209 Å². The fourth-order valence-corrected chi connectivity index (χ4v) is 6.38. The van der Waals surface area contributed by atoms with E-state index in [9.17, 15) is 13.2 Å². The van der Waals surface area contributed by atoms with Crippen LogP contribution < -0.4 is 9.75 Å². The first-order valence-electron chi connectivity index (χ1n) is 12.0. The van der Waals surface area contributed by atoms with Gasteiger partial charge >= 0.3 is 6.18 Å². The Bertz CT molecular complexity index is 1660. The molecule has 0 aliphatic heterocycles. The van der Waals surface area contributed by atoms with E-state index in [4.69, 9.17) is 4.42 Å². The van der Waals surface area contributed by atoms with Gasteiger partial charge in [-0.25, -0.2) is 0 Å². The molecule has 0 saturated carbocycles. The maximum absolute atomic E-state index is 14.3. The molecule has 36 heavy (non-hydrogen) atoms. The van der Waals surface area contributed by atoms with E-state index in [2.05, 4.69) is 63.7 Å². The summed E-state index contributed by atoms with van der Waals surface area (Å²) in [5.41, 5.74) is 3.21. The van der Waals surface area contributed by atoms with Gasteiger partial charge in [-0.15, -0.1) is 0 Å². The SMILES string of the molecule is Cc1c(-c2c3oc4c([Si](C)(C)C)cnn4c3c(C(F)(F)F)c[n+]2C)cc(C(C)(C)C)c2ccccc12. The van der Waals surface area contributed by atoms with E-state index in [0.29, 0.717) is 11.4 Å². The molecule has 0 aliphatic rings. The quantitative estimate of drug-likeness (QED) is 0.191. The first kappa shape index (κ1) is 24.6. The predicted octanol–water partition coefficient (Wildman–Crippen LogP) is 6.90. The summed E-state index contributed by atoms with van der Waals surface area (Å²) in [6.45, 7) is 14.9. The minimum Gasteiger partial charge on any atom is -0.430 e. The van der Waals surface area contributed by atoms with Crippen LogP contribution in [0.25, 0.3) is 38.8 Å². The Morgan fingerprint density at radius 2 is 1.64 bits per heavy atom. The molecule has 8 heteroatoms. The largest absolute Gasteiger partial charge is 0.430 e. The third-order valence-electron chi connectivity index (χ3n) is 6.99. The molecule has 0 N–H and O–H groups in total. The van der Waals surface area contributed by atoms with E-state index < -0.39 is 19.8 Å². The molecule has 3 aromatic heterocycles. The fourth-order valence-electron chi connectivity index (χ4n) is 5.13. The molecule has 3 heterocycles. The van der Waals surface area contributed by atoms with E-state index in [1.807, 2.05) is 19.1 Å². The van der Waals surface area contributed by atoms with Crippen molar-refractivity contribution in [3.05, 3.63) is 59.4 Å². The van der Waals surface area contributed by atoms with Crippen molar-refractivity contribution in [1.82, 2.24) is 9.61 Å². The van der Waals surface area contributed by atoms with Gasteiger partial charge < -0.3 is 4.42 Å². The number of oxazole rings is 1. The van der Waals surface area contributed by atoms with E-state index in [1.165, 1.54) is 4.52 Å². The highest BCUT2D eigenvalue weighted by molar-refractivity contribution is 6.89. The van der Waals surface area contributed by atoms with Crippen molar-refractivity contribution in [2.24, 2.45) is 7.05 Å². The summed E-state index contributed by atoms with van der Waals surface area (Å²) >= 11 is 0. The summed E-state index contributed by atoms with van der Waals surface area (Å²) in [6, 6.07) is 10.3. The summed E-state index contributed by atoms with van der Waals surface area (Å²) in [7, 11) is -0.275. The second kappa shape index (κ2) is 7.68. The van der Waals surface area contributed by atoms with Crippen LogP contribution in [-0.4, -0.2) is 17.7 Å². The number of hydrogen-bond acceptors (Lipinski definition) is 2. The van der Waals surface area contributed by atoms with Gasteiger partial charge in [-0.05, 0) is 40.3 Å². The average Bonchev–Trinajstić information content (AvgIpc) is 3.32. The van der Waals surface area contributed by atoms with E-state index in [1.54, 1.807) is 17.8 Å². The van der Waals surface area contributed by atoms with Gasteiger partial charge in [0.1, 0.15) is 18.1 Å². The predicted molar refractivity (Wildman–Crippen MR) is 141 cm³/mol. The molecule has 0 spiro atoms. The lowest BCUT2D eigenvalue weighted by molar-refractivity contribution is -0.660. The number of nitrogens with zero attached hydrogens (tertiary/aromatic N) is 3. The van der Waals surface area contributed by atoms with Gasteiger partial charge in [0.05, 0.1) is 19.8 Å². The second-order valence-electron chi connectivity index (χ2n) is 11.7. The Morgan fingerprint density at radius 1 is 1.00 bits per heavy atom. The van der Waals surface area contributed by atoms with Crippen molar-refractivity contribution < 1.29 is 22.2 Å². The minimum absolute atomic E-state index is 0.0417. The topological polar surface area (TPSA) is 34.3 Å². The zero-order valence-electron chi connectivity index (χ0n) is 21.9. The number of benzene rings is 2. The molecule has 0 unspecified atom stereocenters. The summed E-state index contributed by atoms with van der Waals surface area (Å²) in [5, 5.41) is 7.51. The zero-order chi connectivity index (χ0) is 26.4. The molecule has 0 amide bonds. The Morgan fingerprint density at radius 3 is 2.22 bits per heavy atom. The fraction of sp³-hybridized carbons (Fsp3) is 0.357. The van der Waals surface area contributed by atoms with Gasteiger partial charge in [-0.1, -0.05) is 64.7 Å². The first-order valence-corrected chi connectivity index (χ1v) is 15.5. The number of pyridine rings is 1. The van der Waals surface area contributed by atoms with E-state index in [0.717, 1.165) is 38.8 Å². The van der Waals surface area contributed by atoms with Gasteiger partial charge in [-0.2, -0.15) is 27.4 Å². The summed E-state index contributed by atoms with van der Waals surface area (Å²) in [4.78, 5) is 0. The lowest BCUT2D eigenvalue weighted by atomic mass is 9.80. The molecule has 0 bridgehead atoms. The lowest BCUT2D eigenvalue weighted by Gasteiger charge is -2.24. The van der Waals surface area contributed by atoms with Crippen LogP contribution in [0.15, 0.2) is 47.1 Å². The number of hydrogen-bond donors (Lipinski definition) is 0. The molecule has 188 valence electrons. The number of alkyl halides is 3. The smallest absolute Gasteiger partial charge is 0.424 e. The maximum Gasteiger partial charge on any atom is 0.424 e. The molecule has 5 aromatic rings. The summed E-state index contributed by atoms with van der Waals surface area (Å²) < 4.78 is 52.1. The van der Waals surface area contributed by atoms with Gasteiger partial charge in [0.2, 0.25) is 11.3 Å². The monoisotopic (exact) mass is 510 g/mol. The Kier molecular flexibility index (Phi) is 5.24. The van der Waals surface area contributed by atoms with Gasteiger partial charge in [0, 0.05) is 5.19 Å². The van der Waals surface area contributed by atoms with Crippen LogP contribution in [0, 0.1) is 6.92 Å². The number of halogens is 3. The molecule has 2 aromatic carbocycles. The van der Waals surface area contributed by atoms with Gasteiger partial charge in [0.15, 0.2) is 6.20 Å². The molecule has 0 aliphatic carbocycles. The number of rotatable bonds is 2. The molecule has 0 fully saturated rings. The highest BCUT2D eigenvalue weighted by Crippen LogP contribution is 2.42. The van der Waals surface area contributed by atoms with Crippen LogP contribution in [0.1, 0.15) is 37.5 Å². The van der Waals surface area contributed by atoms with E-state index in [-0.39, 0.29) is 16.5 Å². The third-order valence-corrected chi connectivity index (χ3v) is 8.95. The number of aromatic nitrogens is 3. The van der Waals surface area contributed by atoms with Crippen LogP contribution in [0.3, 0.4) is 0 Å². The average molecular weight is 511 g/mol. The molecule has 0 saturated heterocycles. The van der Waals surface area contributed by atoms with Gasteiger partial charge in [-0.3, -0.25) is 0 Å². The highest BCUT2D eigenvalue weighted by atomic mass is 28.3. The molecule has 5 rings (SSSR count). The molecule has 0 atom stereocenters. The van der Waals surface area contributed by atoms with Crippen LogP contribution >= 0.6 is 0 Å². The van der Waals surface area contributed by atoms with Crippen LogP contribution in [-0.2, 0) is 18.6 Å². The van der Waals surface area contributed by atoms with Gasteiger partial charge in [0.25, 0.3) is 5.69 Å². The molecule has 0 radical (unpaired) electrons. The zero-order valence-corrected chi connectivity index (χ0v) is 22.9. The van der Waals surface area contributed by atoms with Crippen molar-refractivity contribution in [1.29, 1.82) is 0 Å². The normalized spacial score (nSPS) is 13.4. The van der Waals surface area contributed by atoms with Crippen molar-refractivity contribution in [2.75, 3.05) is 0 Å². The standard InChI is InChI=1S/C28H31F3N3OSi/c1-16-17-11-9-10-12-18(17)20(27(2,3)4)13-19(16)23-25-24(21(15-33(23)5)28(29,30)31)34-26(35-25)22(14-32-34)36(6,7)8/h9-15H,1-8H3/q+1. The lowest BCUT2D eigenvalue weighted by Crippen LogP contribution is -2.36. The highest BCUT2D eigenvalue weighted by Gasteiger charge is 2.41. The summed E-state index contributed by atoms with van der Waals surface area (Å²) in [6.07, 6.45) is -1.74. The van der Waals surface area contributed by atoms with Crippen molar-refractivity contribution >= 4 is 40.8 Å². The van der Waals surface area contributed by atoms with Crippen molar-refractivity contribution in [3.8, 4) is 11.3 Å². The van der Waals surface area contributed by atoms with Crippen LogP contribution in [0.5, 0.6) is 0 Å². The third kappa shape index (κ3) is 3.65. The number of aryl methyl sites for hydroxylation is 2. The molecule has 4 nitrogen and oxygen atoms in total. The summed E-state index contributed by atoms with van der Waals surface area (Å²) in [5.74, 6) is 0. The molecular formula is C28H31F3N3OSi+. The van der Waals surface area contributed by atoms with Crippen molar-refractivity contribution in [3.63, 3.8) is 0 Å². The van der Waals surface area contributed by atoms with Crippen molar-refractivity contribution in [2.45, 2.75) is 58.9 Å². The maximum atomic E-state index is 14.3. The minimum atomic E-state index is -4.56. The molecular weight excluding hydrogens is 479 g/mol. The Hall–Kier alpha value is -3.13. The Balaban J connectivity index is 1.99. The van der Waals surface area contributed by atoms with E-state index >= 15 is 0 Å². The first-order chi connectivity index (χ1) is 16.6. The van der Waals surface area contributed by atoms with Crippen LogP contribution in [0.2, 0.25) is 19.6 Å².